The Balaban J connectivity index is 1.46. The van der Waals surface area contributed by atoms with Crippen molar-refractivity contribution >= 4 is 24.8 Å². The molecule has 7 atom stereocenters. The first-order valence-corrected chi connectivity index (χ1v) is 20.8. The average Bonchev–Trinajstić information content (AvgIpc) is 3.64. The molecule has 0 saturated carbocycles. The van der Waals surface area contributed by atoms with E-state index in [1.54, 1.807) is 6.92 Å². The summed E-state index contributed by atoms with van der Waals surface area (Å²) in [6, 6.07) is 0. The Kier molecular flexibility index (Phi) is 20.4. The van der Waals surface area contributed by atoms with Crippen molar-refractivity contribution in [3.8, 4) is 0 Å². The number of nitrogen functional groups attached to an aromatic ring is 1. The Morgan fingerprint density at radius 2 is 1.53 bits per heavy atom. The van der Waals surface area contributed by atoms with Crippen molar-refractivity contribution in [2.75, 3.05) is 32.2 Å². The number of aromatic nitrogens is 4. The third kappa shape index (κ3) is 15.6. The van der Waals surface area contributed by atoms with Crippen molar-refractivity contribution < 1.29 is 42.2 Å². The lowest BCUT2D eigenvalue weighted by Gasteiger charge is -2.23. The topological polar surface area (TPSA) is 173 Å². The third-order valence-corrected chi connectivity index (χ3v) is 10.3. The monoisotopic (exact) mass is 745 g/mol. The zero-order chi connectivity index (χ0) is 37.1. The van der Waals surface area contributed by atoms with Gasteiger partial charge in [0.05, 0.1) is 32.3 Å². The van der Waals surface area contributed by atoms with Crippen molar-refractivity contribution in [1.29, 1.82) is 0 Å². The molecule has 13 nitrogen and oxygen atoms in total. The fourth-order valence-electron chi connectivity index (χ4n) is 6.24. The summed E-state index contributed by atoms with van der Waals surface area (Å²) in [5.41, 5.74) is 6.44. The summed E-state index contributed by atoms with van der Waals surface area (Å²) in [6.07, 6.45) is 14.8. The molecule has 3 rings (SSSR count). The number of nitrogens with two attached hydrogens (primary N) is 1. The summed E-state index contributed by atoms with van der Waals surface area (Å²) in [5, 5.41) is 10.6. The average molecular weight is 746 g/mol. The number of fused-ring (bicyclic) bond motifs is 1. The molecule has 0 aliphatic carbocycles. The molecule has 1 saturated heterocycles. The van der Waals surface area contributed by atoms with Crippen LogP contribution in [0.1, 0.15) is 142 Å². The van der Waals surface area contributed by atoms with E-state index in [2.05, 4.69) is 28.8 Å². The molecule has 0 radical (unpaired) electrons. The minimum atomic E-state index is -4.63. The largest absolute Gasteiger partial charge is 0.472 e. The van der Waals surface area contributed by atoms with Crippen LogP contribution in [0.5, 0.6) is 0 Å². The van der Waals surface area contributed by atoms with Crippen molar-refractivity contribution in [2.45, 2.75) is 174 Å². The number of alkyl halides is 1. The van der Waals surface area contributed by atoms with Gasteiger partial charge in [0.1, 0.15) is 29.7 Å². The summed E-state index contributed by atoms with van der Waals surface area (Å²) < 4.78 is 57.8. The molecular weight excluding hydrogens is 680 g/mol. The van der Waals surface area contributed by atoms with Gasteiger partial charge in [-0.25, -0.2) is 23.9 Å². The van der Waals surface area contributed by atoms with Gasteiger partial charge in [0.25, 0.3) is 0 Å². The number of anilines is 1. The second-order valence-corrected chi connectivity index (χ2v) is 15.4. The number of hydrogen-bond acceptors (Lipinski definition) is 11. The second kappa shape index (κ2) is 23.8. The molecule has 15 heteroatoms. The summed E-state index contributed by atoms with van der Waals surface area (Å²) in [4.78, 5) is 23.0. The number of phosphoric ester groups is 1. The van der Waals surface area contributed by atoms with E-state index in [0.29, 0.717) is 12.4 Å². The number of rotatable bonds is 29. The lowest BCUT2D eigenvalue weighted by molar-refractivity contribution is -0.0675. The number of unbranched alkanes of at least 4 members (excludes halogenated alkanes) is 14. The normalized spacial score (nSPS) is 21.7. The van der Waals surface area contributed by atoms with E-state index >= 15 is 4.39 Å². The van der Waals surface area contributed by atoms with Gasteiger partial charge in [0, 0.05) is 6.61 Å². The zero-order valence-electron chi connectivity index (χ0n) is 31.4. The van der Waals surface area contributed by atoms with E-state index in [4.69, 9.17) is 29.0 Å². The molecule has 1 aliphatic rings. The second-order valence-electron chi connectivity index (χ2n) is 13.9. The Labute approximate surface area is 304 Å². The number of aliphatic hydroxyl groups excluding tert-OH is 1. The minimum Gasteiger partial charge on any atom is -0.387 e. The molecule has 3 heterocycles. The van der Waals surface area contributed by atoms with Gasteiger partial charge in [0.2, 0.25) is 0 Å². The highest BCUT2D eigenvalue weighted by atomic mass is 31.2. The number of halogens is 1. The Hall–Kier alpha value is -1.77. The van der Waals surface area contributed by atoms with Gasteiger partial charge in [0.15, 0.2) is 23.9 Å². The number of aliphatic hydroxyl groups is 1. The minimum absolute atomic E-state index is 0.0125. The zero-order valence-corrected chi connectivity index (χ0v) is 32.3. The maximum absolute atomic E-state index is 15.2. The van der Waals surface area contributed by atoms with Crippen LogP contribution in [0.2, 0.25) is 0 Å². The van der Waals surface area contributed by atoms with Gasteiger partial charge in [-0.3, -0.25) is 13.6 Å². The van der Waals surface area contributed by atoms with Crippen LogP contribution < -0.4 is 5.73 Å². The van der Waals surface area contributed by atoms with Crippen LogP contribution in [0.3, 0.4) is 0 Å². The van der Waals surface area contributed by atoms with Crippen LogP contribution in [0.25, 0.3) is 11.2 Å². The molecule has 0 bridgehead atoms. The van der Waals surface area contributed by atoms with E-state index in [1.165, 1.54) is 87.9 Å². The third-order valence-electron chi connectivity index (χ3n) is 9.34. The van der Waals surface area contributed by atoms with Crippen LogP contribution in [0.15, 0.2) is 6.33 Å². The molecule has 1 fully saturated rings. The van der Waals surface area contributed by atoms with Crippen LogP contribution >= 0.6 is 7.82 Å². The van der Waals surface area contributed by atoms with Crippen LogP contribution in [0, 0.1) is 6.92 Å². The van der Waals surface area contributed by atoms with E-state index in [9.17, 15) is 14.6 Å². The molecule has 0 aromatic carbocycles. The maximum atomic E-state index is 15.2. The van der Waals surface area contributed by atoms with Crippen LogP contribution in [-0.4, -0.2) is 86.5 Å². The predicted octanol–water partition coefficient (Wildman–Crippen LogP) is 7.91. The number of imidazole rings is 1. The molecule has 294 valence electrons. The maximum Gasteiger partial charge on any atom is 0.472 e. The van der Waals surface area contributed by atoms with Crippen LogP contribution in [-0.2, 0) is 27.8 Å². The smallest absolute Gasteiger partial charge is 0.387 e. The lowest BCUT2D eigenvalue weighted by atomic mass is 10.1. The number of hydrogen-bond donors (Lipinski definition) is 3. The Morgan fingerprint density at radius 1 is 0.922 bits per heavy atom. The summed E-state index contributed by atoms with van der Waals surface area (Å²) in [5.74, 6) is 0.490. The predicted molar refractivity (Wildman–Crippen MR) is 196 cm³/mol. The van der Waals surface area contributed by atoms with Gasteiger partial charge in [-0.15, -0.1) is 0 Å². The summed E-state index contributed by atoms with van der Waals surface area (Å²) in [7, 11) is -4.63. The number of ether oxygens (including phenoxy) is 3. The van der Waals surface area contributed by atoms with Gasteiger partial charge in [-0.1, -0.05) is 110 Å². The Morgan fingerprint density at radius 3 is 2.18 bits per heavy atom. The van der Waals surface area contributed by atoms with Crippen molar-refractivity contribution in [1.82, 2.24) is 19.5 Å². The van der Waals surface area contributed by atoms with E-state index in [-0.39, 0.29) is 36.3 Å². The first-order valence-electron chi connectivity index (χ1n) is 19.4. The molecule has 51 heavy (non-hydrogen) atoms. The fraction of sp³-hybridized carbons (Fsp3) is 0.861. The van der Waals surface area contributed by atoms with Crippen LogP contribution in [0.4, 0.5) is 10.2 Å². The quantitative estimate of drug-likeness (QED) is 0.0543. The van der Waals surface area contributed by atoms with Gasteiger partial charge >= 0.3 is 7.82 Å². The van der Waals surface area contributed by atoms with Gasteiger partial charge in [-0.05, 0) is 26.7 Å². The molecule has 1 aliphatic heterocycles. The van der Waals surface area contributed by atoms with E-state index < -0.39 is 45.1 Å². The molecular formula is C36H65FN5O8P. The molecule has 0 amide bonds. The van der Waals surface area contributed by atoms with Gasteiger partial charge in [-0.2, -0.15) is 0 Å². The van der Waals surface area contributed by atoms with Crippen molar-refractivity contribution in [2.24, 2.45) is 0 Å². The van der Waals surface area contributed by atoms with Crippen molar-refractivity contribution in [3.63, 3.8) is 0 Å². The first kappa shape index (κ1) is 43.6. The highest BCUT2D eigenvalue weighted by Crippen LogP contribution is 2.45. The van der Waals surface area contributed by atoms with Gasteiger partial charge < -0.3 is 29.9 Å². The Bertz CT molecular complexity index is 1290. The highest BCUT2D eigenvalue weighted by molar-refractivity contribution is 7.47. The molecule has 0 spiro atoms. The fourth-order valence-corrected chi connectivity index (χ4v) is 7.00. The number of aryl methyl sites for hydroxylation is 1. The standard InChI is InChI=1S/C36H65FN5O8P/c1-5-7-9-11-13-15-17-19-21-27(3)47-23-29(46-22-20-18-16-14-12-10-8-6-2)24-48-51(44,45)49-25-30-33(43)31(37)36(50-30)42-26-39-32-34(38)40-28(4)41-35(32)42/h26-27,29-31,33,36,43H,5-25H2,1-4H3,(H,44,45)(H2,38,40,41)/t27?,29?,30-,31-,33?,36-/m1/s1. The van der Waals surface area contributed by atoms with Crippen molar-refractivity contribution in [3.05, 3.63) is 12.2 Å². The highest BCUT2D eigenvalue weighted by Gasteiger charge is 2.47. The van der Waals surface area contributed by atoms with E-state index in [1.807, 2.05) is 6.92 Å². The molecule has 2 aromatic heterocycles. The lowest BCUT2D eigenvalue weighted by Crippen LogP contribution is -2.31. The number of phosphoric acid groups is 1. The van der Waals surface area contributed by atoms with E-state index in [0.717, 1.165) is 32.1 Å². The number of nitrogens with zero attached hydrogens (tertiary/aromatic N) is 4. The first-order chi connectivity index (χ1) is 24.6. The molecule has 2 aromatic rings. The summed E-state index contributed by atoms with van der Waals surface area (Å²) in [6.45, 7) is 7.97. The molecule has 4 unspecified atom stereocenters. The molecule has 4 N–H and O–H groups in total. The SMILES string of the molecule is CCCCCCCCCCOC(COC(C)CCCCCCCCCC)COP(=O)(O)OC[C@H]1O[C@@H](n2cnc3c(N)nc(C)nc32)[C@H](F)C1O. The summed E-state index contributed by atoms with van der Waals surface area (Å²) >= 11 is 0.